The van der Waals surface area contributed by atoms with E-state index in [4.69, 9.17) is 0 Å². The summed E-state index contributed by atoms with van der Waals surface area (Å²) in [5.74, 6) is 1.04. The molecule has 2 heterocycles. The van der Waals surface area contributed by atoms with Crippen molar-refractivity contribution in [3.05, 3.63) is 69.7 Å². The van der Waals surface area contributed by atoms with Gasteiger partial charge >= 0.3 is 0 Å². The number of nitrogens with zero attached hydrogens (tertiary/aromatic N) is 3. The molecule has 1 aromatic carbocycles. The molecule has 24 heavy (non-hydrogen) atoms. The van der Waals surface area contributed by atoms with Crippen LogP contribution in [-0.4, -0.2) is 14.8 Å². The van der Waals surface area contributed by atoms with Gasteiger partial charge in [0.15, 0.2) is 0 Å². The zero-order valence-electron chi connectivity index (χ0n) is 14.1. The van der Waals surface area contributed by atoms with Crippen LogP contribution in [-0.2, 0) is 13.0 Å². The molecule has 0 aliphatic rings. The maximum atomic E-state index is 13.1. The molecule has 0 fully saturated rings. The molecule has 0 bridgehead atoms. The zero-order valence-corrected chi connectivity index (χ0v) is 14.9. The summed E-state index contributed by atoms with van der Waals surface area (Å²) < 4.78 is 15.1. The molecule has 5 heteroatoms. The van der Waals surface area contributed by atoms with E-state index in [1.807, 2.05) is 16.0 Å². The van der Waals surface area contributed by atoms with Crippen LogP contribution in [0.1, 0.15) is 54.4 Å². The topological polar surface area (TPSA) is 30.7 Å². The summed E-state index contributed by atoms with van der Waals surface area (Å²) in [6.45, 7) is 5.01. The third kappa shape index (κ3) is 3.56. The lowest BCUT2D eigenvalue weighted by molar-refractivity contribution is 0.572. The summed E-state index contributed by atoms with van der Waals surface area (Å²) in [5.41, 5.74) is 2.40. The van der Waals surface area contributed by atoms with E-state index < -0.39 is 0 Å². The number of halogens is 1. The maximum absolute atomic E-state index is 13.1. The van der Waals surface area contributed by atoms with Gasteiger partial charge in [-0.25, -0.2) is 14.1 Å². The van der Waals surface area contributed by atoms with Gasteiger partial charge < -0.3 is 0 Å². The number of aryl methyl sites for hydroxylation is 1. The maximum Gasteiger partial charge on any atom is 0.138 e. The number of hydrogen-bond donors (Lipinski definition) is 0. The third-order valence-electron chi connectivity index (χ3n) is 4.26. The van der Waals surface area contributed by atoms with Gasteiger partial charge in [0.2, 0.25) is 0 Å². The fraction of sp³-hybridized carbons (Fsp3) is 0.368. The Morgan fingerprint density at radius 3 is 2.67 bits per heavy atom. The van der Waals surface area contributed by atoms with Crippen molar-refractivity contribution < 1.29 is 4.39 Å². The van der Waals surface area contributed by atoms with Gasteiger partial charge in [0, 0.05) is 10.8 Å². The molecule has 1 unspecified atom stereocenters. The van der Waals surface area contributed by atoms with Gasteiger partial charge in [0.25, 0.3) is 0 Å². The monoisotopic (exact) mass is 343 g/mol. The molecule has 0 radical (unpaired) electrons. The Kier molecular flexibility index (Phi) is 5.41. The summed E-state index contributed by atoms with van der Waals surface area (Å²) in [4.78, 5) is 5.98. The first-order chi connectivity index (χ1) is 11.7. The lowest BCUT2D eigenvalue weighted by atomic mass is 9.93. The average Bonchev–Trinajstić information content (AvgIpc) is 3.24. The van der Waals surface area contributed by atoms with Crippen LogP contribution >= 0.6 is 11.3 Å². The highest BCUT2D eigenvalue weighted by Gasteiger charge is 2.22. The molecule has 0 aliphatic carbocycles. The fourth-order valence-electron chi connectivity index (χ4n) is 3.09. The molecule has 0 aliphatic heterocycles. The molecule has 126 valence electrons. The van der Waals surface area contributed by atoms with E-state index in [9.17, 15) is 4.39 Å². The van der Waals surface area contributed by atoms with Gasteiger partial charge in [-0.3, -0.25) is 0 Å². The second-order valence-corrected chi connectivity index (χ2v) is 6.90. The number of aromatic nitrogens is 3. The lowest BCUT2D eigenvalue weighted by Crippen LogP contribution is -2.13. The normalized spacial score (nSPS) is 12.5. The standard InChI is InChI=1S/C19H22FN3S/c1-3-5-17(16-10-11-24-18(16)4-2)19-21-13-22-23(19)12-14-6-8-15(20)9-7-14/h6-11,13,17H,3-5,12H2,1-2H3. The second-order valence-electron chi connectivity index (χ2n) is 5.90. The Bertz CT molecular complexity index is 776. The van der Waals surface area contributed by atoms with Gasteiger partial charge in [0.05, 0.1) is 6.54 Å². The second kappa shape index (κ2) is 7.71. The van der Waals surface area contributed by atoms with Crippen LogP contribution in [0.5, 0.6) is 0 Å². The van der Waals surface area contributed by atoms with Crippen LogP contribution in [0.3, 0.4) is 0 Å². The Morgan fingerprint density at radius 1 is 1.17 bits per heavy atom. The number of rotatable bonds is 7. The minimum absolute atomic E-state index is 0.215. The summed E-state index contributed by atoms with van der Waals surface area (Å²) >= 11 is 1.81. The van der Waals surface area contributed by atoms with E-state index >= 15 is 0 Å². The molecule has 3 nitrogen and oxygen atoms in total. The van der Waals surface area contributed by atoms with E-state index in [2.05, 4.69) is 35.4 Å². The molecular weight excluding hydrogens is 321 g/mol. The Balaban J connectivity index is 1.92. The van der Waals surface area contributed by atoms with Crippen molar-refractivity contribution in [2.24, 2.45) is 0 Å². The predicted octanol–water partition coefficient (Wildman–Crippen LogP) is 5.02. The highest BCUT2D eigenvalue weighted by atomic mass is 32.1. The minimum atomic E-state index is -0.215. The predicted molar refractivity (Wildman–Crippen MR) is 96.0 cm³/mol. The Labute approximate surface area is 146 Å². The Morgan fingerprint density at radius 2 is 1.96 bits per heavy atom. The summed E-state index contributed by atoms with van der Waals surface area (Å²) in [7, 11) is 0. The minimum Gasteiger partial charge on any atom is -0.245 e. The lowest BCUT2D eigenvalue weighted by Gasteiger charge is -2.17. The summed E-state index contributed by atoms with van der Waals surface area (Å²) in [6, 6.07) is 8.81. The number of thiophene rings is 1. The SMILES string of the molecule is CCCC(c1ccsc1CC)c1ncnn1Cc1ccc(F)cc1. The molecule has 0 amide bonds. The van der Waals surface area contributed by atoms with Gasteiger partial charge in [-0.15, -0.1) is 11.3 Å². The van der Waals surface area contributed by atoms with E-state index in [0.717, 1.165) is 30.7 Å². The van der Waals surface area contributed by atoms with Gasteiger partial charge in [0.1, 0.15) is 18.0 Å². The summed E-state index contributed by atoms with van der Waals surface area (Å²) in [6.07, 6.45) is 4.80. The molecule has 0 N–H and O–H groups in total. The molecule has 3 aromatic rings. The first-order valence-electron chi connectivity index (χ1n) is 8.41. The van der Waals surface area contributed by atoms with Crippen LogP contribution in [0.15, 0.2) is 42.0 Å². The molecule has 0 spiro atoms. The van der Waals surface area contributed by atoms with Gasteiger partial charge in [-0.1, -0.05) is 32.4 Å². The van der Waals surface area contributed by atoms with E-state index in [1.54, 1.807) is 18.5 Å². The molecule has 3 rings (SSSR count). The largest absolute Gasteiger partial charge is 0.245 e. The average molecular weight is 343 g/mol. The van der Waals surface area contributed by atoms with Crippen LogP contribution < -0.4 is 0 Å². The van der Waals surface area contributed by atoms with E-state index in [-0.39, 0.29) is 11.7 Å². The van der Waals surface area contributed by atoms with Crippen LogP contribution in [0, 0.1) is 5.82 Å². The van der Waals surface area contributed by atoms with Crippen molar-refractivity contribution in [2.45, 2.75) is 45.6 Å². The van der Waals surface area contributed by atoms with Crippen LogP contribution in [0.25, 0.3) is 0 Å². The van der Waals surface area contributed by atoms with Crippen molar-refractivity contribution >= 4 is 11.3 Å². The Hall–Kier alpha value is -2.01. The first kappa shape index (κ1) is 16.8. The number of hydrogen-bond acceptors (Lipinski definition) is 3. The van der Waals surface area contributed by atoms with Crippen molar-refractivity contribution in [3.63, 3.8) is 0 Å². The smallest absolute Gasteiger partial charge is 0.138 e. The van der Waals surface area contributed by atoms with Crippen molar-refractivity contribution in [3.8, 4) is 0 Å². The fourth-order valence-corrected chi connectivity index (χ4v) is 3.98. The highest BCUT2D eigenvalue weighted by Crippen LogP contribution is 2.33. The third-order valence-corrected chi connectivity index (χ3v) is 5.34. The first-order valence-corrected chi connectivity index (χ1v) is 9.29. The number of benzene rings is 1. The van der Waals surface area contributed by atoms with Gasteiger partial charge in [-0.2, -0.15) is 5.10 Å². The molecule has 0 saturated carbocycles. The molecular formula is C19H22FN3S. The van der Waals surface area contributed by atoms with E-state index in [1.165, 1.54) is 22.6 Å². The van der Waals surface area contributed by atoms with Crippen molar-refractivity contribution in [1.29, 1.82) is 0 Å². The van der Waals surface area contributed by atoms with Gasteiger partial charge in [-0.05, 0) is 47.5 Å². The highest BCUT2D eigenvalue weighted by molar-refractivity contribution is 7.10. The van der Waals surface area contributed by atoms with E-state index in [0.29, 0.717) is 6.54 Å². The van der Waals surface area contributed by atoms with Crippen molar-refractivity contribution in [2.75, 3.05) is 0 Å². The zero-order chi connectivity index (χ0) is 16.9. The van der Waals surface area contributed by atoms with Crippen LogP contribution in [0.2, 0.25) is 0 Å². The molecule has 0 saturated heterocycles. The van der Waals surface area contributed by atoms with Crippen molar-refractivity contribution in [1.82, 2.24) is 14.8 Å². The molecule has 1 atom stereocenters. The summed E-state index contributed by atoms with van der Waals surface area (Å²) in [5, 5.41) is 6.58. The quantitative estimate of drug-likeness (QED) is 0.603. The molecule has 2 aromatic heterocycles. The van der Waals surface area contributed by atoms with Crippen LogP contribution in [0.4, 0.5) is 4.39 Å².